The standard InChI is InChI=1S/C20H30N4O2/c21-17-3-7-19(8-4-17)24(20-9-5-18(22)6-10-20)12-2-1-11-23(13-15-25)14-16-26/h3-10,25-26H,1-2,11-16,21-22H2. The fourth-order valence-electron chi connectivity index (χ4n) is 2.94. The molecule has 2 aromatic rings. The average Bonchev–Trinajstić information content (AvgIpc) is 2.64. The monoisotopic (exact) mass is 358 g/mol. The van der Waals surface area contributed by atoms with E-state index in [1.165, 1.54) is 0 Å². The van der Waals surface area contributed by atoms with E-state index in [-0.39, 0.29) is 13.2 Å². The van der Waals surface area contributed by atoms with Crippen molar-refractivity contribution in [3.63, 3.8) is 0 Å². The van der Waals surface area contributed by atoms with Crippen LogP contribution in [0, 0.1) is 0 Å². The first-order valence-electron chi connectivity index (χ1n) is 9.06. The predicted octanol–water partition coefficient (Wildman–Crippen LogP) is 2.06. The molecule has 0 saturated heterocycles. The molecule has 0 unspecified atom stereocenters. The molecule has 0 amide bonds. The van der Waals surface area contributed by atoms with Crippen molar-refractivity contribution in [2.45, 2.75) is 12.8 Å². The van der Waals surface area contributed by atoms with Crippen molar-refractivity contribution < 1.29 is 10.2 Å². The number of unbranched alkanes of at least 4 members (excludes halogenated alkanes) is 1. The van der Waals surface area contributed by atoms with Gasteiger partial charge in [-0.3, -0.25) is 4.90 Å². The summed E-state index contributed by atoms with van der Waals surface area (Å²) in [5.41, 5.74) is 15.3. The van der Waals surface area contributed by atoms with Crippen LogP contribution in [0.15, 0.2) is 48.5 Å². The van der Waals surface area contributed by atoms with Crippen LogP contribution in [-0.4, -0.2) is 54.5 Å². The van der Waals surface area contributed by atoms with E-state index >= 15 is 0 Å². The third-order valence-corrected chi connectivity index (χ3v) is 4.35. The van der Waals surface area contributed by atoms with Gasteiger partial charge in [0.1, 0.15) is 0 Å². The molecule has 0 aliphatic rings. The molecular formula is C20H30N4O2. The summed E-state index contributed by atoms with van der Waals surface area (Å²) in [5, 5.41) is 18.2. The Labute approximate surface area is 155 Å². The third kappa shape index (κ3) is 6.22. The maximum Gasteiger partial charge on any atom is 0.0558 e. The smallest absolute Gasteiger partial charge is 0.0558 e. The number of nitrogens with zero attached hydrogens (tertiary/aromatic N) is 2. The lowest BCUT2D eigenvalue weighted by molar-refractivity contribution is 0.159. The minimum absolute atomic E-state index is 0.114. The van der Waals surface area contributed by atoms with E-state index in [1.807, 2.05) is 48.5 Å². The van der Waals surface area contributed by atoms with E-state index in [2.05, 4.69) is 9.80 Å². The van der Waals surface area contributed by atoms with E-state index in [0.29, 0.717) is 13.1 Å². The predicted molar refractivity (Wildman–Crippen MR) is 109 cm³/mol. The van der Waals surface area contributed by atoms with E-state index in [4.69, 9.17) is 21.7 Å². The zero-order valence-electron chi connectivity index (χ0n) is 15.2. The van der Waals surface area contributed by atoms with Gasteiger partial charge in [0.15, 0.2) is 0 Å². The van der Waals surface area contributed by atoms with Gasteiger partial charge >= 0.3 is 0 Å². The zero-order chi connectivity index (χ0) is 18.8. The van der Waals surface area contributed by atoms with Gasteiger partial charge in [0.25, 0.3) is 0 Å². The summed E-state index contributed by atoms with van der Waals surface area (Å²) < 4.78 is 0. The van der Waals surface area contributed by atoms with Gasteiger partial charge in [0, 0.05) is 42.4 Å². The summed E-state index contributed by atoms with van der Waals surface area (Å²) in [6.45, 7) is 3.14. The molecule has 0 atom stereocenters. The molecule has 0 aliphatic carbocycles. The Morgan fingerprint density at radius 3 is 1.46 bits per heavy atom. The second kappa shape index (κ2) is 10.7. The van der Waals surface area contributed by atoms with Crippen molar-refractivity contribution in [3.05, 3.63) is 48.5 Å². The molecular weight excluding hydrogens is 328 g/mol. The summed E-state index contributed by atoms with van der Waals surface area (Å²) >= 11 is 0. The van der Waals surface area contributed by atoms with Crippen LogP contribution in [0.3, 0.4) is 0 Å². The van der Waals surface area contributed by atoms with Crippen LogP contribution < -0.4 is 16.4 Å². The van der Waals surface area contributed by atoms with Crippen LogP contribution in [-0.2, 0) is 0 Å². The van der Waals surface area contributed by atoms with Crippen molar-refractivity contribution in [3.8, 4) is 0 Å². The molecule has 0 aromatic heterocycles. The number of aliphatic hydroxyl groups excluding tert-OH is 2. The first kappa shape index (κ1) is 20.0. The first-order chi connectivity index (χ1) is 12.6. The highest BCUT2D eigenvalue weighted by Gasteiger charge is 2.10. The average molecular weight is 358 g/mol. The minimum atomic E-state index is 0.114. The second-order valence-corrected chi connectivity index (χ2v) is 6.33. The lowest BCUT2D eigenvalue weighted by Crippen LogP contribution is -2.31. The Balaban J connectivity index is 2.00. The Morgan fingerprint density at radius 1 is 0.615 bits per heavy atom. The van der Waals surface area contributed by atoms with Gasteiger partial charge in [0.05, 0.1) is 13.2 Å². The molecule has 142 valence electrons. The van der Waals surface area contributed by atoms with E-state index in [1.54, 1.807) is 0 Å². The van der Waals surface area contributed by atoms with Crippen molar-refractivity contribution in [2.75, 3.05) is 55.8 Å². The molecule has 0 aliphatic heterocycles. The molecule has 6 heteroatoms. The summed E-state index contributed by atoms with van der Waals surface area (Å²) in [7, 11) is 0. The van der Waals surface area contributed by atoms with Crippen molar-refractivity contribution in [1.29, 1.82) is 0 Å². The molecule has 0 bridgehead atoms. The Kier molecular flexibility index (Phi) is 8.21. The van der Waals surface area contributed by atoms with E-state index in [9.17, 15) is 0 Å². The second-order valence-electron chi connectivity index (χ2n) is 6.33. The van der Waals surface area contributed by atoms with Gasteiger partial charge in [-0.2, -0.15) is 0 Å². The Bertz CT molecular complexity index is 580. The molecule has 2 aromatic carbocycles. The fraction of sp³-hybridized carbons (Fsp3) is 0.400. The van der Waals surface area contributed by atoms with E-state index < -0.39 is 0 Å². The van der Waals surface area contributed by atoms with Gasteiger partial charge in [0.2, 0.25) is 0 Å². The molecule has 26 heavy (non-hydrogen) atoms. The van der Waals surface area contributed by atoms with Crippen molar-refractivity contribution in [1.82, 2.24) is 4.90 Å². The molecule has 2 rings (SSSR count). The number of hydrogen-bond donors (Lipinski definition) is 4. The highest BCUT2D eigenvalue weighted by atomic mass is 16.3. The highest BCUT2D eigenvalue weighted by molar-refractivity contribution is 5.66. The number of benzene rings is 2. The van der Waals surface area contributed by atoms with Crippen LogP contribution in [0.5, 0.6) is 0 Å². The number of hydrogen-bond acceptors (Lipinski definition) is 6. The number of anilines is 4. The van der Waals surface area contributed by atoms with Crippen molar-refractivity contribution in [2.24, 2.45) is 0 Å². The summed E-state index contributed by atoms with van der Waals surface area (Å²) in [6.07, 6.45) is 1.97. The van der Waals surface area contributed by atoms with Gasteiger partial charge < -0.3 is 26.6 Å². The summed E-state index contributed by atoms with van der Waals surface area (Å²) in [6, 6.07) is 15.7. The van der Waals surface area contributed by atoms with Gasteiger partial charge in [-0.25, -0.2) is 0 Å². The summed E-state index contributed by atoms with van der Waals surface area (Å²) in [5.74, 6) is 0. The van der Waals surface area contributed by atoms with Gasteiger partial charge in [-0.1, -0.05) is 0 Å². The zero-order valence-corrected chi connectivity index (χ0v) is 15.2. The fourth-order valence-corrected chi connectivity index (χ4v) is 2.94. The molecule has 0 fully saturated rings. The molecule has 0 heterocycles. The topological polar surface area (TPSA) is 99.0 Å². The lowest BCUT2D eigenvalue weighted by atomic mass is 10.2. The quantitative estimate of drug-likeness (QED) is 0.362. The van der Waals surface area contributed by atoms with E-state index in [0.717, 1.165) is 48.7 Å². The molecule has 0 saturated carbocycles. The largest absolute Gasteiger partial charge is 0.399 e. The molecule has 6 N–H and O–H groups in total. The first-order valence-corrected chi connectivity index (χ1v) is 9.06. The summed E-state index contributed by atoms with van der Waals surface area (Å²) in [4.78, 5) is 4.33. The molecule has 0 radical (unpaired) electrons. The number of nitrogen functional groups attached to an aromatic ring is 2. The Hall–Kier alpha value is -2.28. The Morgan fingerprint density at radius 2 is 1.04 bits per heavy atom. The van der Waals surface area contributed by atoms with Crippen LogP contribution in [0.4, 0.5) is 22.7 Å². The highest BCUT2D eigenvalue weighted by Crippen LogP contribution is 2.27. The molecule has 0 spiro atoms. The van der Waals surface area contributed by atoms with Crippen LogP contribution in [0.2, 0.25) is 0 Å². The maximum atomic E-state index is 9.10. The maximum absolute atomic E-state index is 9.10. The number of aliphatic hydroxyl groups is 2. The SMILES string of the molecule is Nc1ccc(N(CCCCN(CCO)CCO)c2ccc(N)cc2)cc1. The van der Waals surface area contributed by atoms with Gasteiger partial charge in [-0.15, -0.1) is 0 Å². The number of nitrogens with two attached hydrogens (primary N) is 2. The van der Waals surface area contributed by atoms with Crippen molar-refractivity contribution >= 4 is 22.7 Å². The van der Waals surface area contributed by atoms with Crippen LogP contribution >= 0.6 is 0 Å². The minimum Gasteiger partial charge on any atom is -0.399 e. The van der Waals surface area contributed by atoms with Gasteiger partial charge in [-0.05, 0) is 67.9 Å². The van der Waals surface area contributed by atoms with Crippen LogP contribution in [0.25, 0.3) is 0 Å². The lowest BCUT2D eigenvalue weighted by Gasteiger charge is -2.26. The normalized spacial score (nSPS) is 11.0. The van der Waals surface area contributed by atoms with Crippen LogP contribution in [0.1, 0.15) is 12.8 Å². The third-order valence-electron chi connectivity index (χ3n) is 4.35. The number of rotatable bonds is 11. The molecule has 6 nitrogen and oxygen atoms in total.